The topological polar surface area (TPSA) is 110 Å². The van der Waals surface area contributed by atoms with Gasteiger partial charge in [-0.05, 0) is 12.5 Å². The molecule has 8 heteroatoms. The van der Waals surface area contributed by atoms with Crippen LogP contribution in [0.25, 0.3) is 0 Å². The van der Waals surface area contributed by atoms with E-state index in [-0.39, 0.29) is 11.1 Å². The molecule has 0 aromatic heterocycles. The Morgan fingerprint density at radius 1 is 1.33 bits per heavy atom. The summed E-state index contributed by atoms with van der Waals surface area (Å²) in [6.07, 6.45) is 0.722. The van der Waals surface area contributed by atoms with Crippen LogP contribution in [-0.2, 0) is 4.79 Å². The molecule has 0 saturated carbocycles. The quantitative estimate of drug-likeness (QED) is 0.488. The van der Waals surface area contributed by atoms with Gasteiger partial charge in [-0.15, -0.1) is 0 Å². The van der Waals surface area contributed by atoms with E-state index in [1.54, 1.807) is 0 Å². The van der Waals surface area contributed by atoms with Crippen molar-refractivity contribution in [2.75, 3.05) is 13.1 Å². The molecule has 0 atom stereocenters. The average Bonchev–Trinajstić information content (AvgIpc) is 2.70. The summed E-state index contributed by atoms with van der Waals surface area (Å²) in [5.41, 5.74) is -0.726. The molecular weight excluding hydrogens is 278 g/mol. The van der Waals surface area contributed by atoms with Crippen LogP contribution in [0.2, 0.25) is 0 Å². The van der Waals surface area contributed by atoms with Crippen molar-refractivity contribution in [3.63, 3.8) is 0 Å². The molecule has 1 aromatic rings. The maximum Gasteiger partial charge on any atom is 0.282 e. The molecule has 1 N–H and O–H groups in total. The van der Waals surface area contributed by atoms with E-state index in [0.29, 0.717) is 6.54 Å². The molecular formula is C13H13N3O5. The predicted molar refractivity (Wildman–Crippen MR) is 71.8 cm³/mol. The lowest BCUT2D eigenvalue weighted by Gasteiger charge is -2.13. The van der Waals surface area contributed by atoms with Gasteiger partial charge in [-0.2, -0.15) is 0 Å². The lowest BCUT2D eigenvalue weighted by atomic mass is 10.1. The minimum absolute atomic E-state index is 0.0440. The van der Waals surface area contributed by atoms with E-state index in [1.807, 2.05) is 6.92 Å². The highest BCUT2D eigenvalue weighted by Crippen LogP contribution is 2.30. The molecule has 0 fully saturated rings. The Morgan fingerprint density at radius 3 is 2.67 bits per heavy atom. The number of hydrogen-bond acceptors (Lipinski definition) is 5. The second-order valence-corrected chi connectivity index (χ2v) is 4.50. The van der Waals surface area contributed by atoms with Crippen molar-refractivity contribution in [3.05, 3.63) is 39.4 Å². The van der Waals surface area contributed by atoms with E-state index in [2.05, 4.69) is 5.32 Å². The van der Waals surface area contributed by atoms with E-state index >= 15 is 0 Å². The second kappa shape index (κ2) is 5.70. The molecule has 0 bridgehead atoms. The number of rotatable bonds is 5. The fourth-order valence-electron chi connectivity index (χ4n) is 2.08. The van der Waals surface area contributed by atoms with Gasteiger partial charge in [0, 0.05) is 12.6 Å². The third kappa shape index (κ3) is 2.60. The van der Waals surface area contributed by atoms with Crippen LogP contribution in [0.3, 0.4) is 0 Å². The Labute approximate surface area is 119 Å². The molecule has 0 unspecified atom stereocenters. The van der Waals surface area contributed by atoms with Crippen molar-refractivity contribution in [1.82, 2.24) is 10.2 Å². The van der Waals surface area contributed by atoms with Gasteiger partial charge in [0.15, 0.2) is 0 Å². The van der Waals surface area contributed by atoms with Crippen molar-refractivity contribution in [2.24, 2.45) is 0 Å². The highest BCUT2D eigenvalue weighted by Gasteiger charge is 2.41. The number of carbonyl (C=O) groups excluding carboxylic acids is 3. The first-order chi connectivity index (χ1) is 9.97. The van der Waals surface area contributed by atoms with Crippen molar-refractivity contribution in [1.29, 1.82) is 0 Å². The molecule has 1 aromatic carbocycles. The highest BCUT2D eigenvalue weighted by molar-refractivity contribution is 6.24. The standard InChI is InChI=1S/C13H13N3O5/c1-2-6-14-10(17)7-15-12(18)8-4-3-5-9(16(20)21)11(8)13(15)19/h3-5H,2,6-7H2,1H3,(H,14,17). The number of hydrogen-bond donors (Lipinski definition) is 1. The summed E-state index contributed by atoms with van der Waals surface area (Å²) in [4.78, 5) is 46.8. The van der Waals surface area contributed by atoms with Crippen LogP contribution in [0.1, 0.15) is 34.1 Å². The number of nitrogens with zero attached hydrogens (tertiary/aromatic N) is 2. The summed E-state index contributed by atoms with van der Waals surface area (Å²) >= 11 is 0. The van der Waals surface area contributed by atoms with E-state index in [1.165, 1.54) is 12.1 Å². The van der Waals surface area contributed by atoms with Crippen LogP contribution in [-0.4, -0.2) is 40.6 Å². The van der Waals surface area contributed by atoms with Crippen molar-refractivity contribution in [2.45, 2.75) is 13.3 Å². The summed E-state index contributed by atoms with van der Waals surface area (Å²) in [5, 5.41) is 13.5. The normalized spacial score (nSPS) is 13.3. The smallest absolute Gasteiger partial charge is 0.282 e. The van der Waals surface area contributed by atoms with Gasteiger partial charge in [0.1, 0.15) is 12.1 Å². The first-order valence-electron chi connectivity index (χ1n) is 6.37. The van der Waals surface area contributed by atoms with Crippen molar-refractivity contribution >= 4 is 23.4 Å². The van der Waals surface area contributed by atoms with Crippen LogP contribution < -0.4 is 5.32 Å². The first-order valence-corrected chi connectivity index (χ1v) is 6.37. The van der Waals surface area contributed by atoms with Crippen LogP contribution in [0.5, 0.6) is 0 Å². The molecule has 110 valence electrons. The molecule has 1 aliphatic rings. The third-order valence-corrected chi connectivity index (χ3v) is 3.05. The molecule has 0 spiro atoms. The van der Waals surface area contributed by atoms with Crippen LogP contribution in [0, 0.1) is 10.1 Å². The maximum absolute atomic E-state index is 12.2. The van der Waals surface area contributed by atoms with Gasteiger partial charge in [-0.25, -0.2) is 0 Å². The summed E-state index contributed by atoms with van der Waals surface area (Å²) in [7, 11) is 0. The predicted octanol–water partition coefficient (Wildman–Crippen LogP) is 0.717. The largest absolute Gasteiger partial charge is 0.355 e. The maximum atomic E-state index is 12.2. The zero-order valence-corrected chi connectivity index (χ0v) is 11.3. The van der Waals surface area contributed by atoms with Crippen LogP contribution in [0.15, 0.2) is 18.2 Å². The van der Waals surface area contributed by atoms with Crippen molar-refractivity contribution < 1.29 is 19.3 Å². The van der Waals surface area contributed by atoms with Gasteiger partial charge < -0.3 is 5.32 Å². The van der Waals surface area contributed by atoms with Gasteiger partial charge in [0.05, 0.1) is 10.5 Å². The number of benzene rings is 1. The Balaban J connectivity index is 2.28. The van der Waals surface area contributed by atoms with Crippen LogP contribution >= 0.6 is 0 Å². The lowest BCUT2D eigenvalue weighted by molar-refractivity contribution is -0.385. The van der Waals surface area contributed by atoms with Crippen LogP contribution in [0.4, 0.5) is 5.69 Å². The van der Waals surface area contributed by atoms with Gasteiger partial charge in [-0.1, -0.05) is 13.0 Å². The third-order valence-electron chi connectivity index (χ3n) is 3.05. The molecule has 2 rings (SSSR count). The number of nitrogens with one attached hydrogen (secondary N) is 1. The fourth-order valence-corrected chi connectivity index (χ4v) is 2.08. The van der Waals surface area contributed by atoms with Crippen molar-refractivity contribution in [3.8, 4) is 0 Å². The summed E-state index contributed by atoms with van der Waals surface area (Å²) < 4.78 is 0. The van der Waals surface area contributed by atoms with Gasteiger partial charge in [0.2, 0.25) is 5.91 Å². The first kappa shape index (κ1) is 14.6. The monoisotopic (exact) mass is 291 g/mol. The number of fused-ring (bicyclic) bond motifs is 1. The zero-order chi connectivity index (χ0) is 15.6. The van der Waals surface area contributed by atoms with Gasteiger partial charge in [0.25, 0.3) is 17.5 Å². The Bertz CT molecular complexity index is 641. The Morgan fingerprint density at radius 2 is 2.05 bits per heavy atom. The lowest BCUT2D eigenvalue weighted by Crippen LogP contribution is -2.40. The Kier molecular flexibility index (Phi) is 3.97. The minimum Gasteiger partial charge on any atom is -0.355 e. The number of nitro groups is 1. The van der Waals surface area contributed by atoms with Gasteiger partial charge >= 0.3 is 0 Å². The summed E-state index contributed by atoms with van der Waals surface area (Å²) in [6.45, 7) is 1.86. The molecule has 0 saturated heterocycles. The second-order valence-electron chi connectivity index (χ2n) is 4.50. The molecule has 8 nitrogen and oxygen atoms in total. The van der Waals surface area contributed by atoms with E-state index in [4.69, 9.17) is 0 Å². The summed E-state index contributed by atoms with van der Waals surface area (Å²) in [6, 6.07) is 3.83. The highest BCUT2D eigenvalue weighted by atomic mass is 16.6. The minimum atomic E-state index is -0.811. The fraction of sp³-hybridized carbons (Fsp3) is 0.308. The SMILES string of the molecule is CCCNC(=O)CN1C(=O)c2cccc([N+](=O)[O-])c2C1=O. The number of carbonyl (C=O) groups is 3. The summed E-state index contributed by atoms with van der Waals surface area (Å²) in [5.74, 6) is -1.98. The van der Waals surface area contributed by atoms with Gasteiger partial charge in [-0.3, -0.25) is 29.4 Å². The van der Waals surface area contributed by atoms with E-state index in [9.17, 15) is 24.5 Å². The number of amides is 3. The molecule has 0 radical (unpaired) electrons. The molecule has 0 aliphatic carbocycles. The zero-order valence-electron chi connectivity index (χ0n) is 11.3. The Hall–Kier alpha value is -2.77. The molecule has 21 heavy (non-hydrogen) atoms. The molecule has 1 heterocycles. The number of imide groups is 1. The molecule has 1 aliphatic heterocycles. The average molecular weight is 291 g/mol. The number of nitro benzene ring substituents is 1. The van der Waals surface area contributed by atoms with E-state index < -0.39 is 34.9 Å². The molecule has 3 amide bonds. The van der Waals surface area contributed by atoms with E-state index in [0.717, 1.165) is 17.4 Å².